The summed E-state index contributed by atoms with van der Waals surface area (Å²) in [4.78, 5) is 12.8. The minimum atomic E-state index is 0.611. The van der Waals surface area contributed by atoms with Crippen molar-refractivity contribution in [2.75, 3.05) is 0 Å². The van der Waals surface area contributed by atoms with Gasteiger partial charge < -0.3 is 4.98 Å². The van der Waals surface area contributed by atoms with E-state index in [9.17, 15) is 0 Å². The summed E-state index contributed by atoms with van der Waals surface area (Å²) in [6.45, 7) is 0. The molecule has 0 radical (unpaired) electrons. The van der Waals surface area contributed by atoms with E-state index in [0.29, 0.717) is 5.92 Å². The van der Waals surface area contributed by atoms with Crippen molar-refractivity contribution in [3.05, 3.63) is 36.3 Å². The molecule has 1 fully saturated rings. The zero-order valence-electron chi connectivity index (χ0n) is 10.9. The maximum atomic E-state index is 4.77. The Balaban J connectivity index is 1.88. The number of aromatic nitrogens is 3. The van der Waals surface area contributed by atoms with E-state index >= 15 is 0 Å². The Hall–Kier alpha value is -1.90. The molecule has 1 aliphatic rings. The number of pyridine rings is 1. The molecular formula is C16H17N3. The Morgan fingerprint density at radius 3 is 2.74 bits per heavy atom. The van der Waals surface area contributed by atoms with Crippen LogP contribution in [0.4, 0.5) is 0 Å². The molecule has 19 heavy (non-hydrogen) atoms. The van der Waals surface area contributed by atoms with Crippen LogP contribution in [0.3, 0.4) is 0 Å². The van der Waals surface area contributed by atoms with Crippen LogP contribution in [0.15, 0.2) is 30.5 Å². The number of para-hydroxylation sites is 1. The minimum absolute atomic E-state index is 0.611. The molecule has 1 N–H and O–H groups in total. The number of rotatable bonds is 1. The normalized spacial score (nSPS) is 17.3. The predicted molar refractivity (Wildman–Crippen MR) is 77.2 cm³/mol. The Morgan fingerprint density at radius 2 is 1.84 bits per heavy atom. The van der Waals surface area contributed by atoms with Crippen molar-refractivity contribution >= 4 is 21.9 Å². The molecule has 0 spiro atoms. The second-order valence-corrected chi connectivity index (χ2v) is 5.49. The lowest BCUT2D eigenvalue weighted by atomic mass is 9.89. The van der Waals surface area contributed by atoms with Crippen LogP contribution in [0.2, 0.25) is 0 Å². The predicted octanol–water partition coefficient (Wildman–Crippen LogP) is 4.16. The number of hydrogen-bond acceptors (Lipinski definition) is 2. The molecule has 1 aliphatic carbocycles. The summed E-state index contributed by atoms with van der Waals surface area (Å²) in [6, 6.07) is 8.26. The van der Waals surface area contributed by atoms with Crippen LogP contribution in [0.5, 0.6) is 0 Å². The maximum Gasteiger partial charge on any atom is 0.110 e. The van der Waals surface area contributed by atoms with Gasteiger partial charge in [0, 0.05) is 11.3 Å². The van der Waals surface area contributed by atoms with E-state index in [1.807, 2.05) is 12.3 Å². The topological polar surface area (TPSA) is 41.6 Å². The molecule has 4 rings (SSSR count). The van der Waals surface area contributed by atoms with E-state index < -0.39 is 0 Å². The number of H-pyrrole nitrogens is 1. The van der Waals surface area contributed by atoms with Crippen molar-refractivity contribution in [1.82, 2.24) is 15.0 Å². The molecule has 0 aliphatic heterocycles. The average molecular weight is 251 g/mol. The van der Waals surface area contributed by atoms with E-state index in [1.54, 1.807) is 0 Å². The molecular weight excluding hydrogens is 234 g/mol. The third-order valence-corrected chi connectivity index (χ3v) is 4.24. The molecule has 0 amide bonds. The van der Waals surface area contributed by atoms with Gasteiger partial charge in [-0.2, -0.15) is 0 Å². The Labute approximate surface area is 112 Å². The van der Waals surface area contributed by atoms with Gasteiger partial charge in [-0.05, 0) is 18.9 Å². The molecule has 96 valence electrons. The number of nitrogens with zero attached hydrogens (tertiary/aromatic N) is 2. The van der Waals surface area contributed by atoms with Crippen LogP contribution >= 0.6 is 0 Å². The lowest BCUT2D eigenvalue weighted by molar-refractivity contribution is 0.431. The van der Waals surface area contributed by atoms with E-state index in [0.717, 1.165) is 22.4 Å². The maximum absolute atomic E-state index is 4.77. The molecule has 3 heteroatoms. The fourth-order valence-electron chi connectivity index (χ4n) is 3.20. The second kappa shape index (κ2) is 4.34. The average Bonchev–Trinajstić information content (AvgIpc) is 2.93. The van der Waals surface area contributed by atoms with Crippen molar-refractivity contribution in [2.24, 2.45) is 0 Å². The number of benzene rings is 1. The van der Waals surface area contributed by atoms with Gasteiger partial charge >= 0.3 is 0 Å². The first-order valence-electron chi connectivity index (χ1n) is 7.15. The first-order valence-corrected chi connectivity index (χ1v) is 7.15. The van der Waals surface area contributed by atoms with Gasteiger partial charge in [-0.3, -0.25) is 4.98 Å². The summed E-state index contributed by atoms with van der Waals surface area (Å²) in [5.74, 6) is 1.77. The molecule has 0 unspecified atom stereocenters. The summed E-state index contributed by atoms with van der Waals surface area (Å²) in [7, 11) is 0. The summed E-state index contributed by atoms with van der Waals surface area (Å²) in [6.07, 6.45) is 8.47. The van der Waals surface area contributed by atoms with Crippen LogP contribution in [-0.2, 0) is 0 Å². The van der Waals surface area contributed by atoms with Gasteiger partial charge in [-0.1, -0.05) is 37.5 Å². The van der Waals surface area contributed by atoms with E-state index in [1.165, 1.54) is 37.5 Å². The molecule has 0 bridgehead atoms. The van der Waals surface area contributed by atoms with E-state index in [-0.39, 0.29) is 0 Å². The van der Waals surface area contributed by atoms with Crippen LogP contribution in [0.1, 0.15) is 43.8 Å². The molecule has 0 atom stereocenters. The first-order chi connectivity index (χ1) is 9.42. The van der Waals surface area contributed by atoms with E-state index in [4.69, 9.17) is 4.98 Å². The zero-order valence-corrected chi connectivity index (χ0v) is 10.9. The molecule has 1 aromatic carbocycles. The molecule has 2 aromatic heterocycles. The van der Waals surface area contributed by atoms with Gasteiger partial charge in [0.1, 0.15) is 11.3 Å². The van der Waals surface area contributed by atoms with Gasteiger partial charge in [0.25, 0.3) is 0 Å². The Kier molecular flexibility index (Phi) is 2.50. The number of aromatic amines is 1. The third kappa shape index (κ3) is 1.81. The van der Waals surface area contributed by atoms with Crippen LogP contribution in [0, 0.1) is 0 Å². The molecule has 0 saturated heterocycles. The van der Waals surface area contributed by atoms with Gasteiger partial charge in [0.05, 0.1) is 17.2 Å². The monoisotopic (exact) mass is 251 g/mol. The number of imidazole rings is 1. The highest BCUT2D eigenvalue weighted by molar-refractivity contribution is 6.01. The van der Waals surface area contributed by atoms with Crippen molar-refractivity contribution in [3.63, 3.8) is 0 Å². The fourth-order valence-corrected chi connectivity index (χ4v) is 3.20. The van der Waals surface area contributed by atoms with Gasteiger partial charge in [0.15, 0.2) is 0 Å². The molecule has 3 nitrogen and oxygen atoms in total. The van der Waals surface area contributed by atoms with Crippen molar-refractivity contribution < 1.29 is 0 Å². The fraction of sp³-hybridized carbons (Fsp3) is 0.375. The molecule has 1 saturated carbocycles. The highest BCUT2D eigenvalue weighted by Gasteiger charge is 2.19. The van der Waals surface area contributed by atoms with Gasteiger partial charge in [0.2, 0.25) is 0 Å². The minimum Gasteiger partial charge on any atom is -0.341 e. The Morgan fingerprint density at radius 1 is 1.00 bits per heavy atom. The Bertz CT molecular complexity index is 723. The van der Waals surface area contributed by atoms with Crippen LogP contribution in [-0.4, -0.2) is 15.0 Å². The number of nitrogens with one attached hydrogen (secondary N) is 1. The summed E-state index contributed by atoms with van der Waals surface area (Å²) in [5.41, 5.74) is 3.18. The largest absolute Gasteiger partial charge is 0.341 e. The van der Waals surface area contributed by atoms with Crippen molar-refractivity contribution in [2.45, 2.75) is 38.0 Å². The molecule has 2 heterocycles. The number of hydrogen-bond donors (Lipinski definition) is 1. The lowest BCUT2D eigenvalue weighted by Gasteiger charge is -2.18. The quantitative estimate of drug-likeness (QED) is 0.705. The zero-order chi connectivity index (χ0) is 12.7. The highest BCUT2D eigenvalue weighted by atomic mass is 14.9. The van der Waals surface area contributed by atoms with Crippen LogP contribution in [0.25, 0.3) is 21.9 Å². The van der Waals surface area contributed by atoms with Gasteiger partial charge in [-0.15, -0.1) is 0 Å². The summed E-state index contributed by atoms with van der Waals surface area (Å²) < 4.78 is 0. The summed E-state index contributed by atoms with van der Waals surface area (Å²) in [5, 5.41) is 1.18. The lowest BCUT2D eigenvalue weighted by Crippen LogP contribution is -2.05. The van der Waals surface area contributed by atoms with Gasteiger partial charge in [-0.25, -0.2) is 4.98 Å². The number of fused-ring (bicyclic) bond motifs is 3. The van der Waals surface area contributed by atoms with Crippen molar-refractivity contribution in [1.29, 1.82) is 0 Å². The smallest absolute Gasteiger partial charge is 0.110 e. The summed E-state index contributed by atoms with van der Waals surface area (Å²) >= 11 is 0. The SMILES string of the molecule is c1ccc2c(c1)ncc1nc(C3CCCCC3)[nH]c12. The first kappa shape index (κ1) is 11.0. The second-order valence-electron chi connectivity index (χ2n) is 5.49. The highest BCUT2D eigenvalue weighted by Crippen LogP contribution is 2.32. The third-order valence-electron chi connectivity index (χ3n) is 4.24. The van der Waals surface area contributed by atoms with E-state index in [2.05, 4.69) is 28.2 Å². The van der Waals surface area contributed by atoms with Crippen LogP contribution < -0.4 is 0 Å². The van der Waals surface area contributed by atoms with Crippen molar-refractivity contribution in [3.8, 4) is 0 Å². The standard InChI is InChI=1S/C16H17N3/c1-2-6-11(7-3-1)16-18-14-10-17-13-9-5-4-8-12(13)15(14)19-16/h4-5,8-11H,1-3,6-7H2,(H,18,19). The molecule has 3 aromatic rings.